The van der Waals surface area contributed by atoms with Gasteiger partial charge in [-0.2, -0.15) is 5.26 Å². The Morgan fingerprint density at radius 1 is 1.21 bits per heavy atom. The molecule has 0 spiro atoms. The SMILES string of the molecule is Cc1ccc(-c2nc(C(=O)OCc3ccccc3C#N)cs2)cc1. The minimum Gasteiger partial charge on any atom is -0.456 e. The summed E-state index contributed by atoms with van der Waals surface area (Å²) in [7, 11) is 0. The van der Waals surface area contributed by atoms with Crippen LogP contribution in [-0.4, -0.2) is 11.0 Å². The number of hydrogen-bond donors (Lipinski definition) is 0. The quantitative estimate of drug-likeness (QED) is 0.666. The van der Waals surface area contributed by atoms with E-state index < -0.39 is 5.97 Å². The predicted molar refractivity (Wildman–Crippen MR) is 92.6 cm³/mol. The molecule has 1 aromatic heterocycles. The van der Waals surface area contributed by atoms with E-state index in [1.54, 1.807) is 23.6 Å². The number of thiazole rings is 1. The molecular weight excluding hydrogens is 320 g/mol. The van der Waals surface area contributed by atoms with Crippen LogP contribution in [0.3, 0.4) is 0 Å². The Morgan fingerprint density at radius 3 is 2.71 bits per heavy atom. The van der Waals surface area contributed by atoms with Gasteiger partial charge in [0.1, 0.15) is 11.6 Å². The van der Waals surface area contributed by atoms with Gasteiger partial charge in [0.25, 0.3) is 0 Å². The summed E-state index contributed by atoms with van der Waals surface area (Å²) in [5.41, 5.74) is 3.61. The zero-order valence-electron chi connectivity index (χ0n) is 13.0. The van der Waals surface area contributed by atoms with Crippen molar-refractivity contribution in [2.75, 3.05) is 0 Å². The van der Waals surface area contributed by atoms with Crippen LogP contribution < -0.4 is 0 Å². The largest absolute Gasteiger partial charge is 0.456 e. The van der Waals surface area contributed by atoms with Crippen LogP contribution in [0.25, 0.3) is 10.6 Å². The number of esters is 1. The number of carbonyl (C=O) groups is 1. The summed E-state index contributed by atoms with van der Waals surface area (Å²) in [6, 6.07) is 17.1. The van der Waals surface area contributed by atoms with Gasteiger partial charge in [0.15, 0.2) is 5.69 Å². The van der Waals surface area contributed by atoms with E-state index in [9.17, 15) is 4.79 Å². The number of hydrogen-bond acceptors (Lipinski definition) is 5. The third-order valence-electron chi connectivity index (χ3n) is 3.51. The molecule has 3 rings (SSSR count). The summed E-state index contributed by atoms with van der Waals surface area (Å²) in [5, 5.41) is 11.5. The van der Waals surface area contributed by atoms with Crippen LogP contribution >= 0.6 is 11.3 Å². The van der Waals surface area contributed by atoms with Gasteiger partial charge in [-0.25, -0.2) is 9.78 Å². The van der Waals surface area contributed by atoms with E-state index in [4.69, 9.17) is 10.00 Å². The topological polar surface area (TPSA) is 63.0 Å². The lowest BCUT2D eigenvalue weighted by Crippen LogP contribution is -2.06. The van der Waals surface area contributed by atoms with Crippen LogP contribution in [0.4, 0.5) is 0 Å². The number of aryl methyl sites for hydroxylation is 1. The van der Waals surface area contributed by atoms with E-state index in [-0.39, 0.29) is 12.3 Å². The fourth-order valence-corrected chi connectivity index (χ4v) is 2.96. The van der Waals surface area contributed by atoms with Gasteiger partial charge < -0.3 is 4.74 Å². The first-order valence-corrected chi connectivity index (χ1v) is 8.23. The monoisotopic (exact) mass is 334 g/mol. The van der Waals surface area contributed by atoms with Gasteiger partial charge in [-0.1, -0.05) is 48.0 Å². The Labute approximate surface area is 144 Å². The third kappa shape index (κ3) is 3.50. The summed E-state index contributed by atoms with van der Waals surface area (Å²) in [4.78, 5) is 16.5. The first kappa shape index (κ1) is 15.9. The second-order valence-electron chi connectivity index (χ2n) is 5.25. The highest BCUT2D eigenvalue weighted by molar-refractivity contribution is 7.13. The number of nitrogens with zero attached hydrogens (tertiary/aromatic N) is 2. The molecule has 1 heterocycles. The van der Waals surface area contributed by atoms with Crippen molar-refractivity contribution in [2.45, 2.75) is 13.5 Å². The van der Waals surface area contributed by atoms with Crippen molar-refractivity contribution in [3.05, 3.63) is 76.3 Å². The van der Waals surface area contributed by atoms with Crippen molar-refractivity contribution in [2.24, 2.45) is 0 Å². The maximum absolute atomic E-state index is 12.2. The normalized spacial score (nSPS) is 10.2. The van der Waals surface area contributed by atoms with Crippen LogP contribution in [0.2, 0.25) is 0 Å². The molecule has 0 bridgehead atoms. The summed E-state index contributed by atoms with van der Waals surface area (Å²) in [5.74, 6) is -0.489. The smallest absolute Gasteiger partial charge is 0.358 e. The van der Waals surface area contributed by atoms with Gasteiger partial charge in [-0.15, -0.1) is 11.3 Å². The summed E-state index contributed by atoms with van der Waals surface area (Å²) in [6.07, 6.45) is 0. The Bertz CT molecular complexity index is 908. The predicted octanol–water partition coefficient (Wildman–Crippen LogP) is 4.35. The minimum atomic E-state index is -0.489. The molecule has 118 valence electrons. The zero-order chi connectivity index (χ0) is 16.9. The van der Waals surface area contributed by atoms with E-state index in [1.807, 2.05) is 37.3 Å². The number of rotatable bonds is 4. The molecule has 24 heavy (non-hydrogen) atoms. The molecule has 0 radical (unpaired) electrons. The lowest BCUT2D eigenvalue weighted by atomic mass is 10.1. The zero-order valence-corrected chi connectivity index (χ0v) is 13.8. The maximum atomic E-state index is 12.2. The maximum Gasteiger partial charge on any atom is 0.358 e. The van der Waals surface area contributed by atoms with Crippen molar-refractivity contribution in [1.82, 2.24) is 4.98 Å². The standard InChI is InChI=1S/C19H14N2O2S/c1-13-6-8-14(9-7-13)18-21-17(12-24-18)19(22)23-11-16-5-3-2-4-15(16)10-20/h2-9,12H,11H2,1H3. The number of benzene rings is 2. The van der Waals surface area contributed by atoms with Gasteiger partial charge in [0, 0.05) is 16.5 Å². The van der Waals surface area contributed by atoms with Crippen molar-refractivity contribution in [1.29, 1.82) is 5.26 Å². The van der Waals surface area contributed by atoms with E-state index >= 15 is 0 Å². The van der Waals surface area contributed by atoms with Gasteiger partial charge in [0.2, 0.25) is 0 Å². The van der Waals surface area contributed by atoms with Crippen molar-refractivity contribution < 1.29 is 9.53 Å². The number of carbonyl (C=O) groups excluding carboxylic acids is 1. The minimum absolute atomic E-state index is 0.0555. The third-order valence-corrected chi connectivity index (χ3v) is 4.40. The molecule has 4 nitrogen and oxygen atoms in total. The molecule has 0 aliphatic heterocycles. The van der Waals surface area contributed by atoms with Gasteiger partial charge in [-0.3, -0.25) is 0 Å². The molecular formula is C19H14N2O2S. The fraction of sp³-hybridized carbons (Fsp3) is 0.105. The molecule has 0 unspecified atom stereocenters. The first-order chi connectivity index (χ1) is 11.7. The molecule has 2 aromatic carbocycles. The highest BCUT2D eigenvalue weighted by atomic mass is 32.1. The number of nitriles is 1. The molecule has 0 aliphatic carbocycles. The molecule has 0 saturated carbocycles. The Kier molecular flexibility index (Phi) is 4.69. The van der Waals surface area contributed by atoms with E-state index in [0.29, 0.717) is 11.1 Å². The summed E-state index contributed by atoms with van der Waals surface area (Å²) >= 11 is 1.40. The summed E-state index contributed by atoms with van der Waals surface area (Å²) < 4.78 is 5.28. The number of aromatic nitrogens is 1. The average molecular weight is 334 g/mol. The molecule has 0 N–H and O–H groups in total. The van der Waals surface area contributed by atoms with Gasteiger partial charge in [-0.05, 0) is 13.0 Å². The van der Waals surface area contributed by atoms with Gasteiger partial charge in [0.05, 0.1) is 11.6 Å². The van der Waals surface area contributed by atoms with E-state index in [2.05, 4.69) is 11.1 Å². The van der Waals surface area contributed by atoms with E-state index in [1.165, 1.54) is 16.9 Å². The molecule has 0 amide bonds. The lowest BCUT2D eigenvalue weighted by Gasteiger charge is -2.04. The Morgan fingerprint density at radius 2 is 1.96 bits per heavy atom. The van der Waals surface area contributed by atoms with Crippen LogP contribution in [0.15, 0.2) is 53.9 Å². The highest BCUT2D eigenvalue weighted by Gasteiger charge is 2.14. The average Bonchev–Trinajstić information content (AvgIpc) is 3.10. The first-order valence-electron chi connectivity index (χ1n) is 7.35. The van der Waals surface area contributed by atoms with Crippen LogP contribution in [0, 0.1) is 18.3 Å². The van der Waals surface area contributed by atoms with Crippen LogP contribution in [0.5, 0.6) is 0 Å². The molecule has 0 fully saturated rings. The van der Waals surface area contributed by atoms with Crippen molar-refractivity contribution in [3.63, 3.8) is 0 Å². The van der Waals surface area contributed by atoms with Crippen LogP contribution in [0.1, 0.15) is 27.2 Å². The molecule has 0 saturated heterocycles. The van der Waals surface area contributed by atoms with Crippen molar-refractivity contribution >= 4 is 17.3 Å². The fourth-order valence-electron chi connectivity index (χ4n) is 2.17. The highest BCUT2D eigenvalue weighted by Crippen LogP contribution is 2.24. The molecule has 0 aliphatic rings. The second-order valence-corrected chi connectivity index (χ2v) is 6.11. The summed E-state index contributed by atoms with van der Waals surface area (Å²) in [6.45, 7) is 2.08. The molecule has 0 atom stereocenters. The Hall–Kier alpha value is -2.97. The van der Waals surface area contributed by atoms with Crippen molar-refractivity contribution in [3.8, 4) is 16.6 Å². The second kappa shape index (κ2) is 7.07. The molecule has 5 heteroatoms. The lowest BCUT2D eigenvalue weighted by molar-refractivity contribution is 0.0466. The van der Waals surface area contributed by atoms with Gasteiger partial charge >= 0.3 is 5.97 Å². The molecule has 3 aromatic rings. The van der Waals surface area contributed by atoms with Crippen LogP contribution in [-0.2, 0) is 11.3 Å². The number of ether oxygens (including phenoxy) is 1. The Balaban J connectivity index is 1.70. The van der Waals surface area contributed by atoms with E-state index in [0.717, 1.165) is 10.6 Å².